The van der Waals surface area contributed by atoms with Crippen molar-refractivity contribution in [2.24, 2.45) is 0 Å². The molecule has 2 aliphatic rings. The fourth-order valence-corrected chi connectivity index (χ4v) is 3.94. The van der Waals surface area contributed by atoms with Crippen LogP contribution in [-0.2, 0) is 10.0 Å². The van der Waals surface area contributed by atoms with E-state index >= 15 is 0 Å². The molecule has 0 spiro atoms. The highest BCUT2D eigenvalue weighted by Crippen LogP contribution is 2.22. The van der Waals surface area contributed by atoms with Crippen LogP contribution in [0, 0.1) is 10.1 Å². The van der Waals surface area contributed by atoms with Gasteiger partial charge in [-0.25, -0.2) is 13.2 Å². The summed E-state index contributed by atoms with van der Waals surface area (Å²) in [5.74, 6) is 0. The maximum atomic E-state index is 12.6. The van der Waals surface area contributed by atoms with Crippen LogP contribution in [0.15, 0.2) is 29.2 Å². The maximum Gasteiger partial charge on any atom is 0.317 e. The molecular weight excluding hydrogens is 336 g/mol. The molecular formula is C14H18N4O5S. The lowest BCUT2D eigenvalue weighted by Crippen LogP contribution is -2.53. The average Bonchev–Trinajstić information content (AvgIpc) is 3.39. The second kappa shape index (κ2) is 6.36. The average molecular weight is 354 g/mol. The van der Waals surface area contributed by atoms with Crippen LogP contribution in [0.4, 0.5) is 10.5 Å². The standard InChI is InChI=1S/C14H18N4O5S/c19-14(15-11-1-2-11)16-7-9-17(10-8-16)24(22,23)13-5-3-12(4-6-13)18(20)21/h3-6,11H,1-2,7-10H2,(H,15,19). The van der Waals surface area contributed by atoms with Crippen molar-refractivity contribution < 1.29 is 18.1 Å². The van der Waals surface area contributed by atoms with E-state index < -0.39 is 14.9 Å². The summed E-state index contributed by atoms with van der Waals surface area (Å²) < 4.78 is 26.4. The van der Waals surface area contributed by atoms with Gasteiger partial charge in [0, 0.05) is 44.4 Å². The molecule has 1 aliphatic heterocycles. The number of piperazine rings is 1. The highest BCUT2D eigenvalue weighted by Gasteiger charge is 2.32. The Labute approximate surface area is 139 Å². The summed E-state index contributed by atoms with van der Waals surface area (Å²) in [5.41, 5.74) is -0.157. The lowest BCUT2D eigenvalue weighted by atomic mass is 10.3. The van der Waals surface area contributed by atoms with Crippen molar-refractivity contribution in [2.45, 2.75) is 23.8 Å². The first-order valence-corrected chi connectivity index (χ1v) is 9.12. The molecule has 1 aromatic carbocycles. The lowest BCUT2D eigenvalue weighted by molar-refractivity contribution is -0.384. The molecule has 1 heterocycles. The van der Waals surface area contributed by atoms with E-state index in [0.29, 0.717) is 13.1 Å². The van der Waals surface area contributed by atoms with Crippen LogP contribution < -0.4 is 5.32 Å². The fourth-order valence-electron chi connectivity index (χ4n) is 2.51. The van der Waals surface area contributed by atoms with E-state index in [4.69, 9.17) is 0 Å². The van der Waals surface area contributed by atoms with Crippen molar-refractivity contribution in [1.29, 1.82) is 0 Å². The molecule has 2 fully saturated rings. The van der Waals surface area contributed by atoms with E-state index in [0.717, 1.165) is 12.8 Å². The molecule has 0 aromatic heterocycles. The number of rotatable bonds is 4. The molecule has 0 unspecified atom stereocenters. The summed E-state index contributed by atoms with van der Waals surface area (Å²) in [6.07, 6.45) is 2.00. The van der Waals surface area contributed by atoms with Crippen LogP contribution >= 0.6 is 0 Å². The molecule has 0 radical (unpaired) electrons. The largest absolute Gasteiger partial charge is 0.335 e. The summed E-state index contributed by atoms with van der Waals surface area (Å²) in [4.78, 5) is 23.7. The van der Waals surface area contributed by atoms with Crippen molar-refractivity contribution in [1.82, 2.24) is 14.5 Å². The van der Waals surface area contributed by atoms with Crippen LogP contribution in [0.25, 0.3) is 0 Å². The first kappa shape index (κ1) is 16.7. The zero-order valence-electron chi connectivity index (χ0n) is 12.9. The topological polar surface area (TPSA) is 113 Å². The summed E-state index contributed by atoms with van der Waals surface area (Å²) >= 11 is 0. The second-order valence-electron chi connectivity index (χ2n) is 5.87. The zero-order chi connectivity index (χ0) is 17.3. The predicted octanol–water partition coefficient (Wildman–Crippen LogP) is 0.773. The molecule has 1 aromatic rings. The van der Waals surface area contributed by atoms with E-state index in [1.165, 1.54) is 28.6 Å². The highest BCUT2D eigenvalue weighted by molar-refractivity contribution is 7.89. The molecule has 0 atom stereocenters. The molecule has 1 N–H and O–H groups in total. The van der Waals surface area contributed by atoms with Gasteiger partial charge in [0.25, 0.3) is 5.69 Å². The Morgan fingerprint density at radius 3 is 2.21 bits per heavy atom. The molecule has 0 bridgehead atoms. The van der Waals surface area contributed by atoms with E-state index in [2.05, 4.69) is 5.32 Å². The van der Waals surface area contributed by atoms with Crippen LogP contribution in [0.1, 0.15) is 12.8 Å². The number of sulfonamides is 1. The fraction of sp³-hybridized carbons (Fsp3) is 0.500. The number of amides is 2. The number of hydrogen-bond acceptors (Lipinski definition) is 5. The molecule has 1 aliphatic carbocycles. The van der Waals surface area contributed by atoms with Gasteiger partial charge in [0.1, 0.15) is 0 Å². The van der Waals surface area contributed by atoms with Gasteiger partial charge in [-0.15, -0.1) is 0 Å². The first-order valence-electron chi connectivity index (χ1n) is 7.68. The third kappa shape index (κ3) is 3.49. The molecule has 9 nitrogen and oxygen atoms in total. The molecule has 24 heavy (non-hydrogen) atoms. The zero-order valence-corrected chi connectivity index (χ0v) is 13.7. The van der Waals surface area contributed by atoms with Gasteiger partial charge in [-0.1, -0.05) is 0 Å². The number of nitro groups is 1. The predicted molar refractivity (Wildman–Crippen MR) is 85.0 cm³/mol. The highest BCUT2D eigenvalue weighted by atomic mass is 32.2. The number of non-ortho nitro benzene ring substituents is 1. The Bertz CT molecular complexity index is 737. The van der Waals surface area contributed by atoms with Crippen LogP contribution in [0.3, 0.4) is 0 Å². The van der Waals surface area contributed by atoms with Gasteiger partial charge in [0.2, 0.25) is 10.0 Å². The summed E-state index contributed by atoms with van der Waals surface area (Å²) in [6, 6.07) is 4.93. The minimum atomic E-state index is -3.71. The summed E-state index contributed by atoms with van der Waals surface area (Å²) in [5, 5.41) is 13.5. The SMILES string of the molecule is O=C(NC1CC1)N1CCN(S(=O)(=O)c2ccc([N+](=O)[O-])cc2)CC1. The van der Waals surface area contributed by atoms with E-state index in [1.54, 1.807) is 4.90 Å². The Morgan fingerprint density at radius 2 is 1.71 bits per heavy atom. The van der Waals surface area contributed by atoms with Crippen LogP contribution in [0.2, 0.25) is 0 Å². The van der Waals surface area contributed by atoms with Gasteiger partial charge in [-0.2, -0.15) is 4.31 Å². The van der Waals surface area contributed by atoms with Crippen LogP contribution in [-0.4, -0.2) is 60.8 Å². The Morgan fingerprint density at radius 1 is 1.12 bits per heavy atom. The lowest BCUT2D eigenvalue weighted by Gasteiger charge is -2.34. The number of carbonyl (C=O) groups is 1. The van der Waals surface area contributed by atoms with Gasteiger partial charge in [-0.05, 0) is 25.0 Å². The summed E-state index contributed by atoms with van der Waals surface area (Å²) in [7, 11) is -3.71. The number of urea groups is 1. The number of benzene rings is 1. The first-order chi connectivity index (χ1) is 11.4. The molecule has 10 heteroatoms. The smallest absolute Gasteiger partial charge is 0.317 e. The maximum absolute atomic E-state index is 12.6. The minimum absolute atomic E-state index is 0.0176. The van der Waals surface area contributed by atoms with Gasteiger partial charge >= 0.3 is 6.03 Å². The summed E-state index contributed by atoms with van der Waals surface area (Å²) in [6.45, 7) is 1.06. The molecule has 2 amide bonds. The molecule has 3 rings (SSSR count). The Balaban J connectivity index is 1.63. The van der Waals surface area contributed by atoms with E-state index in [9.17, 15) is 23.3 Å². The number of carbonyl (C=O) groups excluding carboxylic acids is 1. The normalized spacial score (nSPS) is 19.1. The van der Waals surface area contributed by atoms with Gasteiger partial charge in [-0.3, -0.25) is 10.1 Å². The van der Waals surface area contributed by atoms with Crippen molar-refractivity contribution in [3.05, 3.63) is 34.4 Å². The molecule has 130 valence electrons. The minimum Gasteiger partial charge on any atom is -0.335 e. The van der Waals surface area contributed by atoms with Gasteiger partial charge < -0.3 is 10.2 Å². The quantitative estimate of drug-likeness (QED) is 0.634. The van der Waals surface area contributed by atoms with E-state index in [1.807, 2.05) is 0 Å². The Kier molecular flexibility index (Phi) is 4.41. The molecule has 1 saturated carbocycles. The molecule has 1 saturated heterocycles. The third-order valence-corrected chi connectivity index (χ3v) is 6.03. The van der Waals surface area contributed by atoms with Gasteiger partial charge in [0.05, 0.1) is 9.82 Å². The van der Waals surface area contributed by atoms with Crippen molar-refractivity contribution in [3.63, 3.8) is 0 Å². The second-order valence-corrected chi connectivity index (χ2v) is 7.80. The van der Waals surface area contributed by atoms with Gasteiger partial charge in [0.15, 0.2) is 0 Å². The number of hydrogen-bond donors (Lipinski definition) is 1. The number of nitro benzene ring substituents is 1. The number of nitrogens with one attached hydrogen (secondary N) is 1. The third-order valence-electron chi connectivity index (χ3n) is 4.12. The monoisotopic (exact) mass is 354 g/mol. The van der Waals surface area contributed by atoms with E-state index in [-0.39, 0.29) is 35.7 Å². The van der Waals surface area contributed by atoms with Crippen molar-refractivity contribution in [3.8, 4) is 0 Å². The van der Waals surface area contributed by atoms with Crippen molar-refractivity contribution in [2.75, 3.05) is 26.2 Å². The Hall–Kier alpha value is -2.20. The van der Waals surface area contributed by atoms with Crippen molar-refractivity contribution >= 4 is 21.7 Å². The van der Waals surface area contributed by atoms with Crippen LogP contribution in [0.5, 0.6) is 0 Å². The number of nitrogens with zero attached hydrogens (tertiary/aromatic N) is 3.